The predicted octanol–water partition coefficient (Wildman–Crippen LogP) is 0.492. The van der Waals surface area contributed by atoms with Crippen molar-refractivity contribution in [3.63, 3.8) is 0 Å². The molecule has 3 nitrogen and oxygen atoms in total. The van der Waals surface area contributed by atoms with Crippen LogP contribution < -0.4 is 11.1 Å². The van der Waals surface area contributed by atoms with E-state index in [0.29, 0.717) is 12.1 Å². The van der Waals surface area contributed by atoms with Gasteiger partial charge >= 0.3 is 0 Å². The highest BCUT2D eigenvalue weighted by molar-refractivity contribution is 4.83. The Morgan fingerprint density at radius 3 is 3.00 bits per heavy atom. The number of nitrogens with two attached hydrogens (primary N) is 1. The number of methoxy groups -OCH3 is 1. The van der Waals surface area contributed by atoms with Gasteiger partial charge in [-0.15, -0.1) is 0 Å². The zero-order valence-electron chi connectivity index (χ0n) is 7.88. The van der Waals surface area contributed by atoms with Crippen LogP contribution in [0.3, 0.4) is 0 Å². The number of hydrogen-bond acceptors (Lipinski definition) is 3. The van der Waals surface area contributed by atoms with Crippen LogP contribution in [0.5, 0.6) is 0 Å². The molecule has 0 spiro atoms. The molecule has 1 fully saturated rings. The van der Waals surface area contributed by atoms with Gasteiger partial charge in [0.15, 0.2) is 0 Å². The fraction of sp³-hybridized carbons (Fsp3) is 1.00. The standard InChI is InChI=1S/C9H20N2O/c1-12-9-5-2-4-8(9)11-7-3-6-10/h8-9,11H,2-7,10H2,1H3. The van der Waals surface area contributed by atoms with E-state index in [9.17, 15) is 0 Å². The summed E-state index contributed by atoms with van der Waals surface area (Å²) in [4.78, 5) is 0. The van der Waals surface area contributed by atoms with Crippen molar-refractivity contribution in [2.45, 2.75) is 37.8 Å². The van der Waals surface area contributed by atoms with E-state index in [1.165, 1.54) is 19.3 Å². The summed E-state index contributed by atoms with van der Waals surface area (Å²) in [7, 11) is 1.80. The van der Waals surface area contributed by atoms with E-state index in [4.69, 9.17) is 10.5 Å². The fourth-order valence-corrected chi connectivity index (χ4v) is 1.83. The van der Waals surface area contributed by atoms with Gasteiger partial charge < -0.3 is 15.8 Å². The SMILES string of the molecule is COC1CCCC1NCCCN. The maximum absolute atomic E-state index is 5.41. The summed E-state index contributed by atoms with van der Waals surface area (Å²) in [6, 6.07) is 0.571. The van der Waals surface area contributed by atoms with E-state index >= 15 is 0 Å². The van der Waals surface area contributed by atoms with Crippen LogP contribution >= 0.6 is 0 Å². The van der Waals surface area contributed by atoms with E-state index in [2.05, 4.69) is 5.32 Å². The summed E-state index contributed by atoms with van der Waals surface area (Å²) in [6.45, 7) is 1.80. The van der Waals surface area contributed by atoms with Gasteiger partial charge in [0.2, 0.25) is 0 Å². The lowest BCUT2D eigenvalue weighted by Crippen LogP contribution is -2.37. The van der Waals surface area contributed by atoms with E-state index in [1.807, 2.05) is 0 Å². The van der Waals surface area contributed by atoms with Crippen LogP contribution in [-0.4, -0.2) is 32.3 Å². The number of rotatable bonds is 5. The Morgan fingerprint density at radius 1 is 1.50 bits per heavy atom. The lowest BCUT2D eigenvalue weighted by Gasteiger charge is -2.19. The number of hydrogen-bond donors (Lipinski definition) is 2. The molecular formula is C9H20N2O. The van der Waals surface area contributed by atoms with Crippen LogP contribution in [0.25, 0.3) is 0 Å². The lowest BCUT2D eigenvalue weighted by molar-refractivity contribution is 0.0853. The molecule has 1 rings (SSSR count). The van der Waals surface area contributed by atoms with Gasteiger partial charge in [0, 0.05) is 13.2 Å². The van der Waals surface area contributed by atoms with Gasteiger partial charge in [0.05, 0.1) is 6.10 Å². The number of nitrogens with one attached hydrogen (secondary N) is 1. The molecule has 0 aliphatic heterocycles. The Bertz CT molecular complexity index is 119. The van der Waals surface area contributed by atoms with Gasteiger partial charge in [-0.05, 0) is 38.8 Å². The smallest absolute Gasteiger partial charge is 0.0724 e. The molecule has 0 heterocycles. The largest absolute Gasteiger partial charge is 0.380 e. The first kappa shape index (κ1) is 9.96. The molecule has 3 N–H and O–H groups in total. The Morgan fingerprint density at radius 2 is 2.33 bits per heavy atom. The highest BCUT2D eigenvalue weighted by Crippen LogP contribution is 2.21. The Kier molecular flexibility index (Phi) is 4.58. The van der Waals surface area contributed by atoms with Gasteiger partial charge in [-0.3, -0.25) is 0 Å². The van der Waals surface area contributed by atoms with Crippen LogP contribution in [0.4, 0.5) is 0 Å². The Balaban J connectivity index is 2.12. The molecule has 0 bridgehead atoms. The van der Waals surface area contributed by atoms with Crippen LogP contribution in [0.2, 0.25) is 0 Å². The fourth-order valence-electron chi connectivity index (χ4n) is 1.83. The molecule has 0 aromatic carbocycles. The third-order valence-electron chi connectivity index (χ3n) is 2.54. The van der Waals surface area contributed by atoms with Crippen molar-refractivity contribution < 1.29 is 4.74 Å². The topological polar surface area (TPSA) is 47.3 Å². The van der Waals surface area contributed by atoms with E-state index in [0.717, 1.165) is 19.5 Å². The van der Waals surface area contributed by atoms with E-state index in [-0.39, 0.29) is 0 Å². The maximum Gasteiger partial charge on any atom is 0.0724 e. The molecule has 72 valence electrons. The summed E-state index contributed by atoms with van der Waals surface area (Å²) in [5, 5.41) is 3.48. The molecule has 0 radical (unpaired) electrons. The minimum atomic E-state index is 0.433. The normalized spacial score (nSPS) is 29.5. The van der Waals surface area contributed by atoms with Crippen molar-refractivity contribution in [2.75, 3.05) is 20.2 Å². The van der Waals surface area contributed by atoms with Crippen molar-refractivity contribution in [1.82, 2.24) is 5.32 Å². The van der Waals surface area contributed by atoms with Gasteiger partial charge in [0.1, 0.15) is 0 Å². The minimum absolute atomic E-state index is 0.433. The first-order valence-electron chi connectivity index (χ1n) is 4.84. The van der Waals surface area contributed by atoms with E-state index in [1.54, 1.807) is 7.11 Å². The van der Waals surface area contributed by atoms with Crippen molar-refractivity contribution >= 4 is 0 Å². The van der Waals surface area contributed by atoms with Crippen molar-refractivity contribution in [2.24, 2.45) is 5.73 Å². The average molecular weight is 172 g/mol. The zero-order valence-corrected chi connectivity index (χ0v) is 7.88. The summed E-state index contributed by atoms with van der Waals surface area (Å²) in [5.41, 5.74) is 5.41. The zero-order chi connectivity index (χ0) is 8.81. The molecule has 0 aromatic heterocycles. The summed E-state index contributed by atoms with van der Waals surface area (Å²) < 4.78 is 5.36. The second-order valence-electron chi connectivity index (χ2n) is 3.41. The molecule has 3 heteroatoms. The summed E-state index contributed by atoms with van der Waals surface area (Å²) >= 11 is 0. The molecule has 1 aliphatic rings. The van der Waals surface area contributed by atoms with Crippen molar-refractivity contribution in [1.29, 1.82) is 0 Å². The Hall–Kier alpha value is -0.120. The minimum Gasteiger partial charge on any atom is -0.380 e. The molecule has 0 aromatic rings. The highest BCUT2D eigenvalue weighted by Gasteiger charge is 2.25. The first-order valence-corrected chi connectivity index (χ1v) is 4.84. The third-order valence-corrected chi connectivity index (χ3v) is 2.54. The highest BCUT2D eigenvalue weighted by atomic mass is 16.5. The summed E-state index contributed by atoms with van der Waals surface area (Å²) in [5.74, 6) is 0. The molecule has 2 unspecified atom stereocenters. The van der Waals surface area contributed by atoms with Gasteiger partial charge in [-0.1, -0.05) is 0 Å². The first-order chi connectivity index (χ1) is 5.88. The second kappa shape index (κ2) is 5.51. The molecule has 12 heavy (non-hydrogen) atoms. The molecule has 0 saturated heterocycles. The second-order valence-corrected chi connectivity index (χ2v) is 3.41. The maximum atomic E-state index is 5.41. The van der Waals surface area contributed by atoms with Crippen LogP contribution in [0, 0.1) is 0 Å². The third kappa shape index (κ3) is 2.73. The quantitative estimate of drug-likeness (QED) is 0.593. The monoisotopic (exact) mass is 172 g/mol. The molecule has 1 aliphatic carbocycles. The van der Waals surface area contributed by atoms with Crippen molar-refractivity contribution in [3.8, 4) is 0 Å². The molecule has 0 amide bonds. The van der Waals surface area contributed by atoms with Gasteiger partial charge in [-0.2, -0.15) is 0 Å². The van der Waals surface area contributed by atoms with Crippen molar-refractivity contribution in [3.05, 3.63) is 0 Å². The molecule has 1 saturated carbocycles. The van der Waals surface area contributed by atoms with Crippen LogP contribution in [0.15, 0.2) is 0 Å². The Labute approximate surface area is 74.7 Å². The average Bonchev–Trinajstić information content (AvgIpc) is 2.52. The molecule has 2 atom stereocenters. The van der Waals surface area contributed by atoms with Gasteiger partial charge in [-0.25, -0.2) is 0 Å². The van der Waals surface area contributed by atoms with Gasteiger partial charge in [0.25, 0.3) is 0 Å². The van der Waals surface area contributed by atoms with Crippen LogP contribution in [-0.2, 0) is 4.74 Å². The van der Waals surface area contributed by atoms with E-state index < -0.39 is 0 Å². The number of ether oxygens (including phenoxy) is 1. The molecular weight excluding hydrogens is 152 g/mol. The van der Waals surface area contributed by atoms with Crippen LogP contribution in [0.1, 0.15) is 25.7 Å². The predicted molar refractivity (Wildman–Crippen MR) is 50.1 cm³/mol. The summed E-state index contributed by atoms with van der Waals surface area (Å²) in [6.07, 6.45) is 5.24. The lowest BCUT2D eigenvalue weighted by atomic mass is 10.2.